The van der Waals surface area contributed by atoms with E-state index in [9.17, 15) is 18.8 Å². The predicted octanol–water partition coefficient (Wildman–Crippen LogP) is 5.20. The van der Waals surface area contributed by atoms with Gasteiger partial charge in [-0.05, 0) is 66.4 Å². The zero-order chi connectivity index (χ0) is 22.1. The van der Waals surface area contributed by atoms with Crippen LogP contribution in [0.4, 0.5) is 9.18 Å². The second-order valence-electron chi connectivity index (χ2n) is 6.62. The Hall–Kier alpha value is -3.36. The van der Waals surface area contributed by atoms with Crippen molar-refractivity contribution in [3.63, 3.8) is 0 Å². The molecule has 0 bridgehead atoms. The van der Waals surface area contributed by atoms with E-state index in [1.54, 1.807) is 41.1 Å². The maximum Gasteiger partial charge on any atom is 0.335 e. The van der Waals surface area contributed by atoms with Gasteiger partial charge in [-0.25, -0.2) is 9.18 Å². The highest BCUT2D eigenvalue weighted by atomic mass is 35.5. The first-order chi connectivity index (χ1) is 14.8. The Morgan fingerprint density at radius 3 is 2.52 bits per heavy atom. The highest BCUT2D eigenvalue weighted by Gasteiger charge is 2.36. The van der Waals surface area contributed by atoms with Crippen molar-refractivity contribution in [2.45, 2.75) is 6.54 Å². The molecule has 1 aromatic heterocycles. The third-order valence-electron chi connectivity index (χ3n) is 4.70. The molecular weight excluding hydrogens is 443 g/mol. The largest absolute Gasteiger partial charge is 0.478 e. The average molecular weight is 457 g/mol. The van der Waals surface area contributed by atoms with Gasteiger partial charge in [0.2, 0.25) is 0 Å². The fraction of sp³-hybridized carbons (Fsp3) is 0.0455. The van der Waals surface area contributed by atoms with Gasteiger partial charge in [0.05, 0.1) is 17.0 Å². The van der Waals surface area contributed by atoms with E-state index in [0.717, 1.165) is 16.7 Å². The summed E-state index contributed by atoms with van der Waals surface area (Å²) in [6, 6.07) is 13.9. The lowest BCUT2D eigenvalue weighted by Gasteiger charge is -2.14. The lowest BCUT2D eigenvalue weighted by atomic mass is 10.2. The smallest absolute Gasteiger partial charge is 0.335 e. The van der Waals surface area contributed by atoms with Crippen LogP contribution in [-0.2, 0) is 11.3 Å². The molecule has 1 N–H and O–H groups in total. The van der Waals surface area contributed by atoms with E-state index in [1.165, 1.54) is 30.3 Å². The monoisotopic (exact) mass is 456 g/mol. The topological polar surface area (TPSA) is 79.6 Å². The number of carbonyl (C=O) groups excluding carboxylic acids is 2. The molecule has 6 nitrogen and oxygen atoms in total. The molecule has 1 fully saturated rings. The van der Waals surface area contributed by atoms with Crippen molar-refractivity contribution >= 4 is 46.6 Å². The number of benzene rings is 2. The normalized spacial score (nSPS) is 15.2. The number of rotatable bonds is 5. The Morgan fingerprint density at radius 1 is 1.10 bits per heavy atom. The Morgan fingerprint density at radius 2 is 1.84 bits per heavy atom. The van der Waals surface area contributed by atoms with Gasteiger partial charge < -0.3 is 9.67 Å². The molecule has 3 aromatic rings. The fourth-order valence-electron chi connectivity index (χ4n) is 3.12. The third-order valence-corrected chi connectivity index (χ3v) is 5.96. The number of amides is 2. The first kappa shape index (κ1) is 20.9. The highest BCUT2D eigenvalue weighted by Crippen LogP contribution is 2.35. The van der Waals surface area contributed by atoms with Gasteiger partial charge in [0, 0.05) is 28.2 Å². The van der Waals surface area contributed by atoms with Crippen LogP contribution in [0.5, 0.6) is 0 Å². The number of halogens is 2. The number of nitrogens with zero attached hydrogens (tertiary/aromatic N) is 2. The van der Waals surface area contributed by atoms with Gasteiger partial charge in [-0.3, -0.25) is 14.5 Å². The first-order valence-electron chi connectivity index (χ1n) is 9.04. The molecule has 31 heavy (non-hydrogen) atoms. The van der Waals surface area contributed by atoms with Crippen LogP contribution in [0.25, 0.3) is 11.8 Å². The van der Waals surface area contributed by atoms with Crippen molar-refractivity contribution in [2.24, 2.45) is 0 Å². The quantitative estimate of drug-likeness (QED) is 0.533. The van der Waals surface area contributed by atoms with E-state index >= 15 is 0 Å². The molecule has 0 aliphatic carbocycles. The van der Waals surface area contributed by atoms with Crippen LogP contribution in [0.3, 0.4) is 0 Å². The summed E-state index contributed by atoms with van der Waals surface area (Å²) in [4.78, 5) is 37.4. The Labute approximate surface area is 185 Å². The Kier molecular flexibility index (Phi) is 5.67. The summed E-state index contributed by atoms with van der Waals surface area (Å²) in [5, 5.41) is 8.67. The van der Waals surface area contributed by atoms with Gasteiger partial charge in [-0.1, -0.05) is 17.7 Å². The van der Waals surface area contributed by atoms with E-state index in [2.05, 4.69) is 0 Å². The highest BCUT2D eigenvalue weighted by molar-refractivity contribution is 8.18. The van der Waals surface area contributed by atoms with E-state index in [0.29, 0.717) is 11.4 Å². The molecule has 0 spiro atoms. The van der Waals surface area contributed by atoms with Gasteiger partial charge >= 0.3 is 5.97 Å². The lowest BCUT2D eigenvalue weighted by molar-refractivity contribution is -0.123. The van der Waals surface area contributed by atoms with Crippen LogP contribution < -0.4 is 0 Å². The predicted molar refractivity (Wildman–Crippen MR) is 116 cm³/mol. The van der Waals surface area contributed by atoms with Crippen LogP contribution in [-0.4, -0.2) is 31.7 Å². The molecular formula is C22H14ClFN2O4S. The van der Waals surface area contributed by atoms with Gasteiger partial charge in [0.15, 0.2) is 0 Å². The zero-order valence-corrected chi connectivity index (χ0v) is 17.4. The second-order valence-corrected chi connectivity index (χ2v) is 8.02. The second kappa shape index (κ2) is 8.41. The number of thioether (sulfide) groups is 1. The van der Waals surface area contributed by atoms with Crippen molar-refractivity contribution in [3.05, 3.63) is 93.4 Å². The van der Waals surface area contributed by atoms with Crippen molar-refractivity contribution in [2.75, 3.05) is 0 Å². The SMILES string of the molecule is O=C(O)c1ccc(-n2cccc2/C=C2\SC(=O)N(Cc3c(F)cccc3Cl)C2=O)cc1. The lowest BCUT2D eigenvalue weighted by Crippen LogP contribution is -2.28. The minimum absolute atomic E-state index is 0.0783. The molecule has 0 saturated carbocycles. The number of imide groups is 1. The van der Waals surface area contributed by atoms with Crippen molar-refractivity contribution in [3.8, 4) is 5.69 Å². The summed E-state index contributed by atoms with van der Waals surface area (Å²) in [6.07, 6.45) is 3.32. The number of aromatic carboxylic acids is 1. The first-order valence-corrected chi connectivity index (χ1v) is 10.2. The summed E-state index contributed by atoms with van der Waals surface area (Å²) in [7, 11) is 0. The van der Waals surface area contributed by atoms with Gasteiger partial charge in [0.1, 0.15) is 5.82 Å². The zero-order valence-electron chi connectivity index (χ0n) is 15.8. The molecule has 9 heteroatoms. The number of carboxylic acid groups (broad SMARTS) is 1. The van der Waals surface area contributed by atoms with Crippen LogP contribution in [0.15, 0.2) is 65.7 Å². The van der Waals surface area contributed by atoms with Crippen molar-refractivity contribution in [1.82, 2.24) is 9.47 Å². The van der Waals surface area contributed by atoms with Gasteiger partial charge in [0.25, 0.3) is 11.1 Å². The molecule has 1 aliphatic heterocycles. The summed E-state index contributed by atoms with van der Waals surface area (Å²) in [6.45, 7) is -0.259. The minimum Gasteiger partial charge on any atom is -0.478 e. The molecule has 0 radical (unpaired) electrons. The van der Waals surface area contributed by atoms with Crippen LogP contribution in [0.2, 0.25) is 5.02 Å². The maximum atomic E-state index is 14.1. The number of aromatic nitrogens is 1. The molecule has 2 amide bonds. The molecule has 2 aromatic carbocycles. The number of hydrogen-bond donors (Lipinski definition) is 1. The van der Waals surface area contributed by atoms with Crippen LogP contribution in [0.1, 0.15) is 21.6 Å². The Balaban J connectivity index is 1.61. The summed E-state index contributed by atoms with van der Waals surface area (Å²) >= 11 is 6.79. The van der Waals surface area contributed by atoms with Crippen molar-refractivity contribution in [1.29, 1.82) is 0 Å². The van der Waals surface area contributed by atoms with Crippen LogP contribution >= 0.6 is 23.4 Å². The van der Waals surface area contributed by atoms with Crippen LogP contribution in [0, 0.1) is 5.82 Å². The summed E-state index contributed by atoms with van der Waals surface area (Å²) in [5.41, 5.74) is 1.55. The molecule has 0 unspecified atom stereocenters. The average Bonchev–Trinajstić information content (AvgIpc) is 3.30. The third kappa shape index (κ3) is 4.12. The number of carbonyl (C=O) groups is 3. The van der Waals surface area contributed by atoms with E-state index in [4.69, 9.17) is 16.7 Å². The fourth-order valence-corrected chi connectivity index (χ4v) is 4.17. The molecule has 4 rings (SSSR count). The number of hydrogen-bond acceptors (Lipinski definition) is 4. The Bertz CT molecular complexity index is 1220. The van der Waals surface area contributed by atoms with E-state index in [-0.39, 0.29) is 27.6 Å². The molecule has 0 atom stereocenters. The molecule has 156 valence electrons. The maximum absolute atomic E-state index is 14.1. The van der Waals surface area contributed by atoms with E-state index in [1.807, 2.05) is 0 Å². The molecule has 1 saturated heterocycles. The summed E-state index contributed by atoms with van der Waals surface area (Å²) < 4.78 is 15.8. The summed E-state index contributed by atoms with van der Waals surface area (Å²) in [5.74, 6) is -2.15. The molecule has 2 heterocycles. The number of carboxylic acids is 1. The standard InChI is InChI=1S/C22H14ClFN2O4S/c23-17-4-1-5-18(24)16(17)12-26-20(27)19(31-22(26)30)11-15-3-2-10-25(15)14-8-6-13(7-9-14)21(28)29/h1-11H,12H2,(H,28,29)/b19-11-. The minimum atomic E-state index is -1.03. The molecule has 1 aliphatic rings. The van der Waals surface area contributed by atoms with Gasteiger partial charge in [-0.2, -0.15) is 0 Å². The van der Waals surface area contributed by atoms with Crippen molar-refractivity contribution < 1.29 is 23.9 Å². The van der Waals surface area contributed by atoms with E-state index < -0.39 is 22.9 Å². The van der Waals surface area contributed by atoms with Gasteiger partial charge in [-0.15, -0.1) is 0 Å².